The third-order valence-electron chi connectivity index (χ3n) is 13.5. The van der Waals surface area contributed by atoms with Crippen molar-refractivity contribution in [2.45, 2.75) is 111 Å². The Bertz CT molecular complexity index is 974. The molecule has 0 aromatic heterocycles. The van der Waals surface area contributed by atoms with Crippen molar-refractivity contribution >= 4 is 5.97 Å². The largest absolute Gasteiger partial charge is 0.481 e. The lowest BCUT2D eigenvalue weighted by molar-refractivity contribution is -0.255. The van der Waals surface area contributed by atoms with Crippen molar-refractivity contribution in [3.63, 3.8) is 0 Å². The van der Waals surface area contributed by atoms with Crippen LogP contribution in [-0.4, -0.2) is 55.9 Å². The highest BCUT2D eigenvalue weighted by atomic mass is 16.4. The second-order valence-corrected chi connectivity index (χ2v) is 14.7. The van der Waals surface area contributed by atoms with Gasteiger partial charge in [-0.25, -0.2) is 0 Å². The van der Waals surface area contributed by atoms with Crippen LogP contribution >= 0.6 is 0 Å². The van der Waals surface area contributed by atoms with E-state index in [1.54, 1.807) is 0 Å². The predicted octanol–water partition coefficient (Wildman–Crippen LogP) is 4.15. The van der Waals surface area contributed by atoms with E-state index in [-0.39, 0.29) is 40.6 Å². The highest BCUT2D eigenvalue weighted by Gasteiger charge is 2.73. The molecule has 204 valence electrons. The zero-order valence-electron chi connectivity index (χ0n) is 23.0. The lowest BCUT2D eigenvalue weighted by Crippen LogP contribution is -2.70. The molecule has 0 aromatic rings. The van der Waals surface area contributed by atoms with Gasteiger partial charge in [-0.2, -0.15) is 0 Å². The van der Waals surface area contributed by atoms with Gasteiger partial charge in [-0.3, -0.25) is 4.79 Å². The molecule has 6 nitrogen and oxygen atoms in total. The van der Waals surface area contributed by atoms with Crippen LogP contribution in [0.3, 0.4) is 0 Å². The Hall–Kier alpha value is -0.950. The van der Waals surface area contributed by atoms with Crippen LogP contribution in [0.1, 0.15) is 92.9 Å². The standard InChI is InChI=1S/C30H48O6/c1-17-9-12-30(24(34)35)14-13-27(4)18(22(30)29(17,6)36)7-8-20-25(2)11-10-21(33)26(3,16-31)23(25)19(32)15-28(20,27)5/h7,17,19-23,31-33,36H,8-16H2,1-6H3,(H,34,35)/t17-,19-,20-,21-,22-,23-,25-,26-,27-,28-,29-,30+/m1/s1. The van der Waals surface area contributed by atoms with Gasteiger partial charge in [0, 0.05) is 17.3 Å². The fraction of sp³-hybridized carbons (Fsp3) is 0.900. The minimum Gasteiger partial charge on any atom is -0.481 e. The second-order valence-electron chi connectivity index (χ2n) is 14.7. The Morgan fingerprint density at radius 1 is 1.03 bits per heavy atom. The predicted molar refractivity (Wildman–Crippen MR) is 137 cm³/mol. The molecule has 4 fully saturated rings. The fourth-order valence-corrected chi connectivity index (χ4v) is 11.0. The number of aliphatic carboxylic acids is 1. The van der Waals surface area contributed by atoms with Crippen LogP contribution in [0.4, 0.5) is 0 Å². The Morgan fingerprint density at radius 2 is 1.69 bits per heavy atom. The number of allylic oxidation sites excluding steroid dienone is 1. The summed E-state index contributed by atoms with van der Waals surface area (Å²) in [6, 6.07) is 0. The molecule has 0 spiro atoms. The molecule has 0 unspecified atom stereocenters. The minimum absolute atomic E-state index is 0.00712. The average molecular weight is 505 g/mol. The Kier molecular flexibility index (Phi) is 5.77. The van der Waals surface area contributed by atoms with Crippen molar-refractivity contribution in [1.82, 2.24) is 0 Å². The monoisotopic (exact) mass is 504 g/mol. The molecule has 0 aliphatic heterocycles. The molecule has 0 bridgehead atoms. The van der Waals surface area contributed by atoms with Gasteiger partial charge in [0.05, 0.1) is 29.8 Å². The lowest BCUT2D eigenvalue weighted by Gasteiger charge is -2.72. The third kappa shape index (κ3) is 2.91. The lowest BCUT2D eigenvalue weighted by atomic mass is 9.32. The van der Waals surface area contributed by atoms with E-state index in [9.17, 15) is 30.3 Å². The Morgan fingerprint density at radius 3 is 2.31 bits per heavy atom. The van der Waals surface area contributed by atoms with E-state index in [1.165, 1.54) is 0 Å². The summed E-state index contributed by atoms with van der Waals surface area (Å²) < 4.78 is 0. The van der Waals surface area contributed by atoms with Crippen molar-refractivity contribution in [2.24, 2.45) is 50.7 Å². The molecule has 12 atom stereocenters. The van der Waals surface area contributed by atoms with Gasteiger partial charge in [-0.15, -0.1) is 0 Å². The van der Waals surface area contributed by atoms with E-state index in [0.29, 0.717) is 32.1 Å². The van der Waals surface area contributed by atoms with Crippen LogP contribution in [0.5, 0.6) is 0 Å². The number of hydrogen-bond acceptors (Lipinski definition) is 5. The molecule has 36 heavy (non-hydrogen) atoms. The maximum atomic E-state index is 12.8. The highest BCUT2D eigenvalue weighted by molar-refractivity contribution is 5.77. The third-order valence-corrected chi connectivity index (χ3v) is 13.5. The summed E-state index contributed by atoms with van der Waals surface area (Å²) in [6.45, 7) is 12.5. The smallest absolute Gasteiger partial charge is 0.310 e. The van der Waals surface area contributed by atoms with Crippen LogP contribution in [0, 0.1) is 50.7 Å². The van der Waals surface area contributed by atoms with Crippen molar-refractivity contribution < 1.29 is 30.3 Å². The number of rotatable bonds is 2. The maximum Gasteiger partial charge on any atom is 0.310 e. The number of fused-ring (bicyclic) bond motifs is 7. The molecule has 5 aliphatic carbocycles. The molecule has 0 aromatic carbocycles. The molecule has 0 saturated heterocycles. The summed E-state index contributed by atoms with van der Waals surface area (Å²) in [5.41, 5.74) is -2.62. The molecular formula is C30H48O6. The molecule has 5 N–H and O–H groups in total. The van der Waals surface area contributed by atoms with E-state index in [2.05, 4.69) is 26.8 Å². The number of hydrogen-bond donors (Lipinski definition) is 5. The van der Waals surface area contributed by atoms with Crippen LogP contribution in [-0.2, 0) is 4.79 Å². The van der Waals surface area contributed by atoms with Gasteiger partial charge >= 0.3 is 5.97 Å². The number of aliphatic hydroxyl groups excluding tert-OH is 3. The maximum absolute atomic E-state index is 12.8. The van der Waals surface area contributed by atoms with Crippen LogP contribution in [0.25, 0.3) is 0 Å². The first-order valence-corrected chi connectivity index (χ1v) is 14.2. The summed E-state index contributed by atoms with van der Waals surface area (Å²) in [6.07, 6.45) is 6.26. The SMILES string of the molecule is C[C@@H]1CC[C@]2(C(=O)O)CC[C@]3(C)C(=CC[C@@H]4[C@@]5(C)CC[C@@H](O)[C@@](C)(CO)[C@@H]5[C@H](O)C[C@]43C)[C@@H]2[C@]1(C)O. The Balaban J connectivity index is 1.66. The first kappa shape index (κ1) is 26.6. The quantitative estimate of drug-likeness (QED) is 0.361. The zero-order chi connectivity index (χ0) is 26.7. The van der Waals surface area contributed by atoms with Gasteiger partial charge in [0.1, 0.15) is 0 Å². The summed E-state index contributed by atoms with van der Waals surface area (Å²) >= 11 is 0. The fourth-order valence-electron chi connectivity index (χ4n) is 11.0. The molecule has 5 rings (SSSR count). The Labute approximate surface area is 216 Å². The van der Waals surface area contributed by atoms with Gasteiger partial charge in [0.25, 0.3) is 0 Å². The number of carbonyl (C=O) groups is 1. The van der Waals surface area contributed by atoms with E-state index in [1.807, 2.05) is 20.8 Å². The van der Waals surface area contributed by atoms with Crippen molar-refractivity contribution in [1.29, 1.82) is 0 Å². The van der Waals surface area contributed by atoms with E-state index >= 15 is 0 Å². The van der Waals surface area contributed by atoms with E-state index < -0.39 is 40.5 Å². The first-order chi connectivity index (χ1) is 16.6. The van der Waals surface area contributed by atoms with Crippen LogP contribution < -0.4 is 0 Å². The molecular weight excluding hydrogens is 456 g/mol. The number of aliphatic hydroxyl groups is 4. The first-order valence-electron chi connectivity index (χ1n) is 14.2. The minimum atomic E-state index is -1.11. The van der Waals surface area contributed by atoms with Gasteiger partial charge in [0.2, 0.25) is 0 Å². The van der Waals surface area contributed by atoms with Crippen molar-refractivity contribution in [3.8, 4) is 0 Å². The summed E-state index contributed by atoms with van der Waals surface area (Å²) in [7, 11) is 0. The van der Waals surface area contributed by atoms with Gasteiger partial charge < -0.3 is 25.5 Å². The zero-order valence-corrected chi connectivity index (χ0v) is 23.0. The average Bonchev–Trinajstić information content (AvgIpc) is 2.79. The number of carboxylic acid groups (broad SMARTS) is 1. The molecule has 5 aliphatic rings. The van der Waals surface area contributed by atoms with Crippen LogP contribution in [0.2, 0.25) is 0 Å². The summed E-state index contributed by atoms with van der Waals surface area (Å²) in [5, 5.41) is 55.6. The van der Waals surface area contributed by atoms with Crippen LogP contribution in [0.15, 0.2) is 11.6 Å². The molecule has 6 heteroatoms. The van der Waals surface area contributed by atoms with Crippen molar-refractivity contribution in [2.75, 3.05) is 6.61 Å². The molecule has 0 amide bonds. The van der Waals surface area contributed by atoms with Gasteiger partial charge in [-0.1, -0.05) is 46.3 Å². The molecule has 4 saturated carbocycles. The van der Waals surface area contributed by atoms with Gasteiger partial charge in [-0.05, 0) is 86.4 Å². The number of carboxylic acids is 1. The topological polar surface area (TPSA) is 118 Å². The van der Waals surface area contributed by atoms with Gasteiger partial charge in [0.15, 0.2) is 0 Å². The summed E-state index contributed by atoms with van der Waals surface area (Å²) in [4.78, 5) is 12.8. The molecule has 0 radical (unpaired) electrons. The molecule has 0 heterocycles. The normalized spacial score (nSPS) is 58.6. The van der Waals surface area contributed by atoms with E-state index in [4.69, 9.17) is 0 Å². The summed E-state index contributed by atoms with van der Waals surface area (Å²) in [5.74, 6) is -1.21. The highest BCUT2D eigenvalue weighted by Crippen LogP contribution is 2.76. The van der Waals surface area contributed by atoms with Crippen molar-refractivity contribution in [3.05, 3.63) is 11.6 Å². The van der Waals surface area contributed by atoms with E-state index in [0.717, 1.165) is 24.8 Å². The second kappa shape index (κ2) is 7.80.